The summed E-state index contributed by atoms with van der Waals surface area (Å²) >= 11 is 0. The van der Waals surface area contributed by atoms with Crippen LogP contribution in [0, 0.1) is 0 Å². The summed E-state index contributed by atoms with van der Waals surface area (Å²) in [5, 5.41) is 9.46. The summed E-state index contributed by atoms with van der Waals surface area (Å²) in [6.45, 7) is 2.34. The first-order chi connectivity index (χ1) is 8.22. The van der Waals surface area contributed by atoms with Gasteiger partial charge in [-0.1, -0.05) is 0 Å². The van der Waals surface area contributed by atoms with Crippen LogP contribution in [0.4, 0.5) is 0 Å². The maximum Gasteiger partial charge on any atom is 0.254 e. The lowest BCUT2D eigenvalue weighted by atomic mass is 10.1. The van der Waals surface area contributed by atoms with Gasteiger partial charge in [-0.05, 0) is 18.2 Å². The largest absolute Gasteiger partial charge is 0.504 e. The molecule has 1 aromatic rings. The van der Waals surface area contributed by atoms with Gasteiger partial charge >= 0.3 is 0 Å². The van der Waals surface area contributed by atoms with Crippen LogP contribution in [0.25, 0.3) is 0 Å². The zero-order chi connectivity index (χ0) is 12.3. The lowest BCUT2D eigenvalue weighted by Gasteiger charge is -2.27. The fourth-order valence-electron chi connectivity index (χ4n) is 1.76. The first-order valence-corrected chi connectivity index (χ1v) is 5.46. The molecule has 1 fully saturated rings. The molecular formula is C12H15NO4. The molecule has 2 rings (SSSR count). The van der Waals surface area contributed by atoms with Crippen molar-refractivity contribution in [3.63, 3.8) is 0 Å². The molecule has 0 radical (unpaired) electrons. The number of carbonyl (C=O) groups excluding carboxylic acids is 1. The number of hydrogen-bond acceptors (Lipinski definition) is 4. The molecule has 0 saturated carbocycles. The summed E-state index contributed by atoms with van der Waals surface area (Å²) in [5.41, 5.74) is 0.515. The van der Waals surface area contributed by atoms with Crippen LogP contribution in [0.5, 0.6) is 11.5 Å². The van der Waals surface area contributed by atoms with E-state index in [4.69, 9.17) is 9.47 Å². The molecule has 1 amide bonds. The molecule has 1 heterocycles. The first kappa shape index (κ1) is 11.7. The van der Waals surface area contributed by atoms with Gasteiger partial charge in [-0.15, -0.1) is 0 Å². The Morgan fingerprint density at radius 1 is 1.41 bits per heavy atom. The number of rotatable bonds is 2. The number of amides is 1. The van der Waals surface area contributed by atoms with Crippen molar-refractivity contribution in [2.24, 2.45) is 0 Å². The van der Waals surface area contributed by atoms with E-state index in [1.165, 1.54) is 13.2 Å². The molecule has 1 aliphatic rings. The number of aromatic hydroxyl groups is 1. The summed E-state index contributed by atoms with van der Waals surface area (Å²) in [6.07, 6.45) is 0. The van der Waals surface area contributed by atoms with E-state index in [0.717, 1.165) is 0 Å². The second kappa shape index (κ2) is 5.05. The third-order valence-electron chi connectivity index (χ3n) is 2.72. The monoisotopic (exact) mass is 237 g/mol. The Morgan fingerprint density at radius 3 is 2.76 bits per heavy atom. The predicted octanol–water partition coefficient (Wildman–Crippen LogP) is 0.873. The molecule has 0 bridgehead atoms. The molecule has 0 aliphatic carbocycles. The highest BCUT2D eigenvalue weighted by molar-refractivity contribution is 5.95. The molecule has 5 heteroatoms. The van der Waals surface area contributed by atoms with Crippen molar-refractivity contribution < 1.29 is 19.4 Å². The van der Waals surface area contributed by atoms with Gasteiger partial charge in [0.05, 0.1) is 20.3 Å². The van der Waals surface area contributed by atoms with E-state index < -0.39 is 0 Å². The van der Waals surface area contributed by atoms with E-state index in [9.17, 15) is 9.90 Å². The highest BCUT2D eigenvalue weighted by atomic mass is 16.5. The third kappa shape index (κ3) is 2.50. The number of carbonyl (C=O) groups is 1. The Labute approximate surface area is 99.6 Å². The van der Waals surface area contributed by atoms with Crippen LogP contribution in [-0.2, 0) is 4.74 Å². The van der Waals surface area contributed by atoms with Crippen molar-refractivity contribution in [3.8, 4) is 11.5 Å². The van der Waals surface area contributed by atoms with Crippen LogP contribution in [-0.4, -0.2) is 49.3 Å². The second-order valence-corrected chi connectivity index (χ2v) is 3.79. The summed E-state index contributed by atoms with van der Waals surface area (Å²) in [7, 11) is 1.46. The fraction of sp³-hybridized carbons (Fsp3) is 0.417. The average molecular weight is 237 g/mol. The molecule has 5 nitrogen and oxygen atoms in total. The lowest BCUT2D eigenvalue weighted by Crippen LogP contribution is -2.40. The van der Waals surface area contributed by atoms with E-state index in [1.807, 2.05) is 0 Å². The zero-order valence-corrected chi connectivity index (χ0v) is 9.68. The molecule has 1 aromatic carbocycles. The van der Waals surface area contributed by atoms with Crippen molar-refractivity contribution in [2.75, 3.05) is 33.4 Å². The maximum absolute atomic E-state index is 12.1. The van der Waals surface area contributed by atoms with Gasteiger partial charge in [-0.25, -0.2) is 0 Å². The molecule has 1 saturated heterocycles. The zero-order valence-electron chi connectivity index (χ0n) is 9.68. The minimum Gasteiger partial charge on any atom is -0.504 e. The fourth-order valence-corrected chi connectivity index (χ4v) is 1.76. The van der Waals surface area contributed by atoms with Crippen molar-refractivity contribution >= 4 is 5.91 Å². The van der Waals surface area contributed by atoms with Crippen molar-refractivity contribution in [3.05, 3.63) is 23.8 Å². The normalized spacial score (nSPS) is 15.7. The topological polar surface area (TPSA) is 59.0 Å². The van der Waals surface area contributed by atoms with E-state index >= 15 is 0 Å². The number of nitrogens with zero attached hydrogens (tertiary/aromatic N) is 1. The summed E-state index contributed by atoms with van der Waals surface area (Å²) in [6, 6.07) is 4.61. The summed E-state index contributed by atoms with van der Waals surface area (Å²) in [4.78, 5) is 13.8. The molecule has 0 aromatic heterocycles. The van der Waals surface area contributed by atoms with Gasteiger partial charge in [-0.3, -0.25) is 4.79 Å². The molecule has 1 N–H and O–H groups in total. The van der Waals surface area contributed by atoms with Crippen molar-refractivity contribution in [1.82, 2.24) is 4.90 Å². The predicted molar refractivity (Wildman–Crippen MR) is 61.4 cm³/mol. The highest BCUT2D eigenvalue weighted by Crippen LogP contribution is 2.26. The van der Waals surface area contributed by atoms with Gasteiger partial charge in [0.1, 0.15) is 0 Å². The van der Waals surface area contributed by atoms with Crippen LogP contribution in [0.3, 0.4) is 0 Å². The minimum atomic E-state index is -0.0633. The third-order valence-corrected chi connectivity index (χ3v) is 2.72. The van der Waals surface area contributed by atoms with E-state index in [0.29, 0.717) is 37.6 Å². The van der Waals surface area contributed by atoms with Crippen LogP contribution in [0.2, 0.25) is 0 Å². The Balaban J connectivity index is 2.18. The SMILES string of the molecule is COc1cc(C(=O)N2CCOCC2)ccc1O. The summed E-state index contributed by atoms with van der Waals surface area (Å²) < 4.78 is 10.2. The van der Waals surface area contributed by atoms with Crippen molar-refractivity contribution in [2.45, 2.75) is 0 Å². The standard InChI is InChI=1S/C12H15NO4/c1-16-11-8-9(2-3-10(11)14)12(15)13-4-6-17-7-5-13/h2-3,8,14H,4-7H2,1H3. The quantitative estimate of drug-likeness (QED) is 0.829. The molecule has 17 heavy (non-hydrogen) atoms. The summed E-state index contributed by atoms with van der Waals surface area (Å²) in [5.74, 6) is 0.279. The Kier molecular flexibility index (Phi) is 3.49. The lowest BCUT2D eigenvalue weighted by molar-refractivity contribution is 0.0302. The van der Waals surface area contributed by atoms with Gasteiger partial charge < -0.3 is 19.5 Å². The number of phenols is 1. The van der Waals surface area contributed by atoms with Gasteiger partial charge in [-0.2, -0.15) is 0 Å². The minimum absolute atomic E-state index is 0.0334. The van der Waals surface area contributed by atoms with Gasteiger partial charge in [0.15, 0.2) is 11.5 Å². The molecule has 92 valence electrons. The molecule has 0 atom stereocenters. The smallest absolute Gasteiger partial charge is 0.254 e. The van der Waals surface area contributed by atoms with E-state index in [1.54, 1.807) is 17.0 Å². The Morgan fingerprint density at radius 2 is 2.12 bits per heavy atom. The number of ether oxygens (including phenoxy) is 2. The second-order valence-electron chi connectivity index (χ2n) is 3.79. The van der Waals surface area contributed by atoms with Crippen LogP contribution in [0.15, 0.2) is 18.2 Å². The van der Waals surface area contributed by atoms with Crippen LogP contribution in [0.1, 0.15) is 10.4 Å². The molecular weight excluding hydrogens is 222 g/mol. The first-order valence-electron chi connectivity index (χ1n) is 5.46. The van der Waals surface area contributed by atoms with Gasteiger partial charge in [0.25, 0.3) is 5.91 Å². The number of benzene rings is 1. The van der Waals surface area contributed by atoms with Gasteiger partial charge in [0.2, 0.25) is 0 Å². The Hall–Kier alpha value is -1.75. The van der Waals surface area contributed by atoms with Crippen molar-refractivity contribution in [1.29, 1.82) is 0 Å². The maximum atomic E-state index is 12.1. The Bertz CT molecular complexity index is 413. The van der Waals surface area contributed by atoms with Crippen LogP contribution >= 0.6 is 0 Å². The van der Waals surface area contributed by atoms with E-state index in [-0.39, 0.29) is 11.7 Å². The average Bonchev–Trinajstić information content (AvgIpc) is 2.39. The number of morpholine rings is 1. The van der Waals surface area contributed by atoms with Gasteiger partial charge in [0, 0.05) is 18.7 Å². The molecule has 0 spiro atoms. The molecule has 1 aliphatic heterocycles. The number of hydrogen-bond donors (Lipinski definition) is 1. The highest BCUT2D eigenvalue weighted by Gasteiger charge is 2.19. The molecule has 0 unspecified atom stereocenters. The van der Waals surface area contributed by atoms with Crippen LogP contribution < -0.4 is 4.74 Å². The number of phenolic OH excluding ortho intramolecular Hbond substituents is 1. The number of methoxy groups -OCH3 is 1. The van der Waals surface area contributed by atoms with E-state index in [2.05, 4.69) is 0 Å².